The van der Waals surface area contributed by atoms with E-state index in [2.05, 4.69) is 15.6 Å². The van der Waals surface area contributed by atoms with Crippen LogP contribution in [-0.2, 0) is 4.79 Å². The van der Waals surface area contributed by atoms with Gasteiger partial charge in [0.25, 0.3) is 0 Å². The molecule has 110 valence electrons. The number of rotatable bonds is 4. The van der Waals surface area contributed by atoms with Crippen LogP contribution in [0.2, 0.25) is 0 Å². The van der Waals surface area contributed by atoms with Crippen molar-refractivity contribution in [1.29, 1.82) is 0 Å². The Balaban J connectivity index is 1.66. The number of nitrogen functional groups attached to an aromatic ring is 1. The van der Waals surface area contributed by atoms with Crippen molar-refractivity contribution >= 4 is 40.2 Å². The Morgan fingerprint density at radius 3 is 2.80 bits per heavy atom. The maximum Gasteiger partial charge on any atom is 0.321 e. The number of aromatic nitrogens is 1. The Hall–Kier alpha value is -1.28. The van der Waals surface area contributed by atoms with E-state index in [-0.39, 0.29) is 17.7 Å². The third-order valence-electron chi connectivity index (χ3n) is 3.04. The van der Waals surface area contributed by atoms with Crippen LogP contribution in [0.4, 0.5) is 9.93 Å². The second-order valence-electron chi connectivity index (χ2n) is 4.66. The largest absolute Gasteiger partial charge is 0.375 e. The Labute approximate surface area is 125 Å². The van der Waals surface area contributed by atoms with Crippen LogP contribution in [-0.4, -0.2) is 28.7 Å². The summed E-state index contributed by atoms with van der Waals surface area (Å²) in [5.41, 5.74) is 5.50. The molecule has 1 aromatic rings. The van der Waals surface area contributed by atoms with Crippen molar-refractivity contribution in [3.63, 3.8) is 0 Å². The molecule has 1 aliphatic rings. The number of anilines is 1. The molecular weight excluding hydrogens is 296 g/mol. The third-order valence-corrected chi connectivity index (χ3v) is 5.06. The number of nitrogens with zero attached hydrogens (tertiary/aromatic N) is 1. The lowest BCUT2D eigenvalue weighted by molar-refractivity contribution is -0.117. The lowest BCUT2D eigenvalue weighted by Crippen LogP contribution is -2.45. The average Bonchev–Trinajstić information content (AvgIpc) is 2.83. The van der Waals surface area contributed by atoms with Crippen molar-refractivity contribution < 1.29 is 9.59 Å². The predicted molar refractivity (Wildman–Crippen MR) is 80.8 cm³/mol. The van der Waals surface area contributed by atoms with Gasteiger partial charge in [-0.25, -0.2) is 9.78 Å². The van der Waals surface area contributed by atoms with E-state index in [9.17, 15) is 9.59 Å². The molecular formula is C12H18N4O2S2. The van der Waals surface area contributed by atoms with E-state index in [4.69, 9.17) is 5.73 Å². The first-order chi connectivity index (χ1) is 9.63. The second-order valence-corrected chi connectivity index (χ2v) is 7.00. The van der Waals surface area contributed by atoms with Gasteiger partial charge in [0.05, 0.1) is 16.2 Å². The monoisotopic (exact) mass is 314 g/mol. The minimum absolute atomic E-state index is 0.180. The van der Waals surface area contributed by atoms with E-state index in [1.54, 1.807) is 6.20 Å². The number of hydrogen-bond donors (Lipinski definition) is 3. The van der Waals surface area contributed by atoms with E-state index >= 15 is 0 Å². The summed E-state index contributed by atoms with van der Waals surface area (Å²) in [5.74, 6) is -0.130. The maximum absolute atomic E-state index is 11.7. The quantitative estimate of drug-likeness (QED) is 0.738. The number of imide groups is 1. The molecule has 0 atom stereocenters. The number of carbonyl (C=O) groups is 2. The van der Waals surface area contributed by atoms with E-state index in [1.165, 1.54) is 29.5 Å². The zero-order chi connectivity index (χ0) is 14.4. The molecule has 1 fully saturated rings. The Morgan fingerprint density at radius 1 is 1.40 bits per heavy atom. The van der Waals surface area contributed by atoms with Crippen LogP contribution in [0.1, 0.15) is 32.1 Å². The first-order valence-electron chi connectivity index (χ1n) is 6.58. The van der Waals surface area contributed by atoms with E-state index < -0.39 is 6.03 Å². The van der Waals surface area contributed by atoms with Crippen LogP contribution in [0.3, 0.4) is 0 Å². The molecule has 20 heavy (non-hydrogen) atoms. The van der Waals surface area contributed by atoms with Crippen LogP contribution < -0.4 is 16.4 Å². The molecule has 1 heterocycles. The molecule has 1 saturated carbocycles. The standard InChI is InChI=1S/C12H18N4O2S2/c13-11-14-6-10(20-11)19-7-9(17)16-12(18)15-8-4-2-1-3-5-8/h6,8H,1-5,7H2,(H2,13,14)(H2,15,16,17,18). The topological polar surface area (TPSA) is 97.1 Å². The van der Waals surface area contributed by atoms with Crippen LogP contribution in [0.5, 0.6) is 0 Å². The SMILES string of the molecule is Nc1ncc(SCC(=O)NC(=O)NC2CCCCC2)s1. The number of hydrogen-bond acceptors (Lipinski definition) is 6. The molecule has 1 aliphatic carbocycles. The molecule has 0 radical (unpaired) electrons. The summed E-state index contributed by atoms with van der Waals surface area (Å²) in [6, 6.07) is -0.197. The number of carbonyl (C=O) groups excluding carboxylic acids is 2. The number of amides is 3. The molecule has 3 amide bonds. The van der Waals surface area contributed by atoms with Gasteiger partial charge in [0.2, 0.25) is 5.91 Å². The highest BCUT2D eigenvalue weighted by Gasteiger charge is 2.17. The summed E-state index contributed by atoms with van der Waals surface area (Å²) in [7, 11) is 0. The lowest BCUT2D eigenvalue weighted by Gasteiger charge is -2.22. The number of thioether (sulfide) groups is 1. The number of nitrogens with one attached hydrogen (secondary N) is 2. The minimum Gasteiger partial charge on any atom is -0.375 e. The van der Waals surface area contributed by atoms with Gasteiger partial charge in [-0.1, -0.05) is 30.6 Å². The number of thiazole rings is 1. The van der Waals surface area contributed by atoms with Gasteiger partial charge < -0.3 is 11.1 Å². The Kier molecular flexibility index (Phi) is 5.66. The van der Waals surface area contributed by atoms with Crippen molar-refractivity contribution in [2.75, 3.05) is 11.5 Å². The first kappa shape index (κ1) is 15.1. The van der Waals surface area contributed by atoms with Gasteiger partial charge >= 0.3 is 6.03 Å². The second kappa shape index (κ2) is 7.49. The molecule has 0 unspecified atom stereocenters. The molecule has 4 N–H and O–H groups in total. The van der Waals surface area contributed by atoms with Crippen LogP contribution in [0.15, 0.2) is 10.4 Å². The number of nitrogens with two attached hydrogens (primary N) is 1. The molecule has 0 spiro atoms. The minimum atomic E-state index is -0.397. The van der Waals surface area contributed by atoms with Crippen molar-refractivity contribution in [3.8, 4) is 0 Å². The summed E-state index contributed by atoms with van der Waals surface area (Å²) in [6.07, 6.45) is 7.13. The van der Waals surface area contributed by atoms with E-state index in [0.29, 0.717) is 5.13 Å². The van der Waals surface area contributed by atoms with Gasteiger partial charge in [-0.15, -0.1) is 11.8 Å². The van der Waals surface area contributed by atoms with E-state index in [1.807, 2.05) is 0 Å². The lowest BCUT2D eigenvalue weighted by atomic mass is 9.96. The zero-order valence-electron chi connectivity index (χ0n) is 11.1. The average molecular weight is 314 g/mol. The first-order valence-corrected chi connectivity index (χ1v) is 8.38. The fourth-order valence-electron chi connectivity index (χ4n) is 2.11. The number of urea groups is 1. The van der Waals surface area contributed by atoms with Gasteiger partial charge in [-0.3, -0.25) is 10.1 Å². The molecule has 1 aromatic heterocycles. The Bertz CT molecular complexity index is 472. The smallest absolute Gasteiger partial charge is 0.321 e. The highest BCUT2D eigenvalue weighted by atomic mass is 32.2. The fourth-order valence-corrected chi connectivity index (χ4v) is 3.66. The van der Waals surface area contributed by atoms with Gasteiger partial charge in [-0.2, -0.15) is 0 Å². The van der Waals surface area contributed by atoms with Gasteiger partial charge in [0, 0.05) is 6.04 Å². The van der Waals surface area contributed by atoms with Crippen molar-refractivity contribution in [1.82, 2.24) is 15.6 Å². The summed E-state index contributed by atoms with van der Waals surface area (Å²) in [6.45, 7) is 0. The van der Waals surface area contributed by atoms with Crippen LogP contribution >= 0.6 is 23.1 Å². The van der Waals surface area contributed by atoms with Gasteiger partial charge in [0.15, 0.2) is 5.13 Å². The van der Waals surface area contributed by atoms with Crippen molar-refractivity contribution in [2.24, 2.45) is 0 Å². The van der Waals surface area contributed by atoms with Crippen molar-refractivity contribution in [3.05, 3.63) is 6.20 Å². The summed E-state index contributed by atoms with van der Waals surface area (Å²) in [4.78, 5) is 27.2. The predicted octanol–water partition coefficient (Wildman–Crippen LogP) is 1.98. The zero-order valence-corrected chi connectivity index (χ0v) is 12.7. The fraction of sp³-hybridized carbons (Fsp3) is 0.583. The van der Waals surface area contributed by atoms with Crippen LogP contribution in [0, 0.1) is 0 Å². The van der Waals surface area contributed by atoms with E-state index in [0.717, 1.165) is 29.9 Å². The Morgan fingerprint density at radius 2 is 2.15 bits per heavy atom. The summed E-state index contributed by atoms with van der Waals surface area (Å²) >= 11 is 2.65. The van der Waals surface area contributed by atoms with Gasteiger partial charge in [-0.05, 0) is 12.8 Å². The molecule has 6 nitrogen and oxygen atoms in total. The van der Waals surface area contributed by atoms with Crippen LogP contribution in [0.25, 0.3) is 0 Å². The highest BCUT2D eigenvalue weighted by molar-refractivity contribution is 8.01. The molecule has 0 aliphatic heterocycles. The molecule has 8 heteroatoms. The van der Waals surface area contributed by atoms with Crippen molar-refractivity contribution in [2.45, 2.75) is 42.4 Å². The third kappa shape index (κ3) is 5.01. The van der Waals surface area contributed by atoms with Gasteiger partial charge in [0.1, 0.15) is 0 Å². The molecule has 0 bridgehead atoms. The molecule has 0 saturated heterocycles. The summed E-state index contributed by atoms with van der Waals surface area (Å²) in [5, 5.41) is 5.66. The summed E-state index contributed by atoms with van der Waals surface area (Å²) < 4.78 is 0.866. The normalized spacial score (nSPS) is 15.8. The molecule has 2 rings (SSSR count). The molecule has 0 aromatic carbocycles. The highest BCUT2D eigenvalue weighted by Crippen LogP contribution is 2.25. The maximum atomic E-state index is 11.7.